The van der Waals surface area contributed by atoms with Crippen molar-refractivity contribution in [3.8, 4) is 5.75 Å². The molecule has 6 heteroatoms. The lowest BCUT2D eigenvalue weighted by Gasteiger charge is -2.08. The standard InChI is InChI=1S/C18H21ClN2O2S/c1-23-16-6-4-15(5-7-16)20-11-10-18(22)21-12-13-24-17-8-2-14(19)3-9-17/h2-9,20H,10-13H2,1H3,(H,21,22). The summed E-state index contributed by atoms with van der Waals surface area (Å²) < 4.78 is 5.10. The van der Waals surface area contributed by atoms with Crippen LogP contribution in [0.5, 0.6) is 5.75 Å². The molecule has 2 aromatic carbocycles. The number of carbonyl (C=O) groups is 1. The topological polar surface area (TPSA) is 50.4 Å². The highest BCUT2D eigenvalue weighted by Gasteiger charge is 2.01. The molecule has 0 fully saturated rings. The van der Waals surface area contributed by atoms with Crippen LogP contribution in [-0.4, -0.2) is 31.9 Å². The van der Waals surface area contributed by atoms with Crippen molar-refractivity contribution in [3.63, 3.8) is 0 Å². The fourth-order valence-corrected chi connectivity index (χ4v) is 2.90. The Bertz CT molecular complexity index is 632. The minimum atomic E-state index is 0.0488. The van der Waals surface area contributed by atoms with Gasteiger partial charge in [-0.1, -0.05) is 11.6 Å². The summed E-state index contributed by atoms with van der Waals surface area (Å²) >= 11 is 7.54. The maximum absolute atomic E-state index is 11.8. The summed E-state index contributed by atoms with van der Waals surface area (Å²) in [6.45, 7) is 1.25. The Balaban J connectivity index is 1.56. The second kappa shape index (κ2) is 10.1. The van der Waals surface area contributed by atoms with Crippen LogP contribution in [0.4, 0.5) is 5.69 Å². The van der Waals surface area contributed by atoms with Crippen LogP contribution in [-0.2, 0) is 4.79 Å². The second-order valence-electron chi connectivity index (χ2n) is 5.06. The SMILES string of the molecule is COc1ccc(NCCC(=O)NCCSc2ccc(Cl)cc2)cc1. The van der Waals surface area contributed by atoms with Crippen molar-refractivity contribution in [2.45, 2.75) is 11.3 Å². The Morgan fingerprint density at radius 2 is 1.79 bits per heavy atom. The average molecular weight is 365 g/mol. The van der Waals surface area contributed by atoms with Crippen LogP contribution >= 0.6 is 23.4 Å². The first-order valence-electron chi connectivity index (χ1n) is 7.70. The number of rotatable bonds is 9. The van der Waals surface area contributed by atoms with Gasteiger partial charge in [0.25, 0.3) is 0 Å². The quantitative estimate of drug-likeness (QED) is 0.520. The summed E-state index contributed by atoms with van der Waals surface area (Å²) in [5.74, 6) is 1.70. The molecule has 0 bridgehead atoms. The molecule has 0 radical (unpaired) electrons. The number of ether oxygens (including phenoxy) is 1. The zero-order chi connectivity index (χ0) is 17.2. The average Bonchev–Trinajstić information content (AvgIpc) is 2.61. The van der Waals surface area contributed by atoms with E-state index in [1.54, 1.807) is 18.9 Å². The first kappa shape index (κ1) is 18.5. The van der Waals surface area contributed by atoms with Crippen molar-refractivity contribution in [2.75, 3.05) is 31.3 Å². The zero-order valence-corrected chi connectivity index (χ0v) is 15.1. The molecule has 0 heterocycles. The molecule has 0 aliphatic heterocycles. The monoisotopic (exact) mass is 364 g/mol. The number of benzene rings is 2. The van der Waals surface area contributed by atoms with E-state index in [1.165, 1.54) is 0 Å². The van der Waals surface area contributed by atoms with Crippen LogP contribution in [0.25, 0.3) is 0 Å². The fraction of sp³-hybridized carbons (Fsp3) is 0.278. The molecular weight excluding hydrogens is 344 g/mol. The lowest BCUT2D eigenvalue weighted by Crippen LogP contribution is -2.27. The Hall–Kier alpha value is -1.85. The predicted octanol–water partition coefficient (Wildman–Crippen LogP) is 4.06. The third-order valence-corrected chi connectivity index (χ3v) is 4.54. The van der Waals surface area contributed by atoms with E-state index in [2.05, 4.69) is 10.6 Å². The van der Waals surface area contributed by atoms with Gasteiger partial charge in [0.2, 0.25) is 5.91 Å². The lowest BCUT2D eigenvalue weighted by atomic mass is 10.3. The summed E-state index contributed by atoms with van der Waals surface area (Å²) in [7, 11) is 1.64. The van der Waals surface area contributed by atoms with Crippen LogP contribution in [0.3, 0.4) is 0 Å². The minimum Gasteiger partial charge on any atom is -0.497 e. The first-order valence-corrected chi connectivity index (χ1v) is 9.07. The van der Waals surface area contributed by atoms with E-state index in [9.17, 15) is 4.79 Å². The zero-order valence-electron chi connectivity index (χ0n) is 13.5. The molecule has 0 spiro atoms. The predicted molar refractivity (Wildman–Crippen MR) is 101 cm³/mol. The highest BCUT2D eigenvalue weighted by atomic mass is 35.5. The Morgan fingerprint density at radius 1 is 1.08 bits per heavy atom. The van der Waals surface area contributed by atoms with E-state index in [0.717, 1.165) is 27.1 Å². The summed E-state index contributed by atoms with van der Waals surface area (Å²) in [6.07, 6.45) is 0.442. The van der Waals surface area contributed by atoms with Crippen LogP contribution < -0.4 is 15.4 Å². The second-order valence-corrected chi connectivity index (χ2v) is 6.66. The van der Waals surface area contributed by atoms with Gasteiger partial charge in [0.15, 0.2) is 0 Å². The molecule has 0 aliphatic carbocycles. The van der Waals surface area contributed by atoms with E-state index in [1.807, 2.05) is 48.5 Å². The molecule has 4 nitrogen and oxygen atoms in total. The molecule has 2 N–H and O–H groups in total. The van der Waals surface area contributed by atoms with Gasteiger partial charge in [-0.3, -0.25) is 4.79 Å². The number of methoxy groups -OCH3 is 1. The molecule has 0 atom stereocenters. The highest BCUT2D eigenvalue weighted by Crippen LogP contribution is 2.19. The molecule has 128 valence electrons. The molecule has 0 saturated heterocycles. The molecule has 0 aromatic heterocycles. The molecule has 0 unspecified atom stereocenters. The Morgan fingerprint density at radius 3 is 2.46 bits per heavy atom. The summed E-state index contributed by atoms with van der Waals surface area (Å²) in [6, 6.07) is 15.3. The van der Waals surface area contributed by atoms with Gasteiger partial charge in [-0.25, -0.2) is 0 Å². The normalized spacial score (nSPS) is 10.2. The van der Waals surface area contributed by atoms with Gasteiger partial charge in [0.05, 0.1) is 7.11 Å². The van der Waals surface area contributed by atoms with Gasteiger partial charge in [-0.15, -0.1) is 11.8 Å². The first-order chi connectivity index (χ1) is 11.7. The van der Waals surface area contributed by atoms with Gasteiger partial charge < -0.3 is 15.4 Å². The molecule has 1 amide bonds. The van der Waals surface area contributed by atoms with E-state index in [-0.39, 0.29) is 5.91 Å². The molecule has 0 saturated carbocycles. The summed E-state index contributed by atoms with van der Waals surface area (Å²) in [5, 5.41) is 6.87. The largest absolute Gasteiger partial charge is 0.497 e. The van der Waals surface area contributed by atoms with Crippen molar-refractivity contribution < 1.29 is 9.53 Å². The minimum absolute atomic E-state index is 0.0488. The number of halogens is 1. The number of amides is 1. The van der Waals surface area contributed by atoms with Gasteiger partial charge in [-0.2, -0.15) is 0 Å². The summed E-state index contributed by atoms with van der Waals surface area (Å²) in [4.78, 5) is 12.9. The van der Waals surface area contributed by atoms with Crippen molar-refractivity contribution in [1.82, 2.24) is 5.32 Å². The maximum atomic E-state index is 11.8. The Labute approximate surface area is 151 Å². The van der Waals surface area contributed by atoms with E-state index in [0.29, 0.717) is 19.5 Å². The van der Waals surface area contributed by atoms with Crippen LogP contribution in [0, 0.1) is 0 Å². The lowest BCUT2D eigenvalue weighted by molar-refractivity contribution is -0.120. The van der Waals surface area contributed by atoms with E-state index >= 15 is 0 Å². The number of hydrogen-bond donors (Lipinski definition) is 2. The third-order valence-electron chi connectivity index (χ3n) is 3.28. The molecular formula is C18H21ClN2O2S. The van der Waals surface area contributed by atoms with Crippen molar-refractivity contribution >= 4 is 35.0 Å². The number of hydrogen-bond acceptors (Lipinski definition) is 4. The van der Waals surface area contributed by atoms with Crippen LogP contribution in [0.15, 0.2) is 53.4 Å². The smallest absolute Gasteiger partial charge is 0.221 e. The van der Waals surface area contributed by atoms with Gasteiger partial charge >= 0.3 is 0 Å². The third kappa shape index (κ3) is 6.72. The molecule has 2 rings (SSSR count). The van der Waals surface area contributed by atoms with Crippen molar-refractivity contribution in [1.29, 1.82) is 0 Å². The highest BCUT2D eigenvalue weighted by molar-refractivity contribution is 7.99. The molecule has 0 aliphatic rings. The number of anilines is 1. The molecule has 2 aromatic rings. The number of nitrogens with one attached hydrogen (secondary N) is 2. The van der Waals surface area contributed by atoms with Gasteiger partial charge in [0.1, 0.15) is 5.75 Å². The van der Waals surface area contributed by atoms with Crippen molar-refractivity contribution in [2.24, 2.45) is 0 Å². The van der Waals surface area contributed by atoms with Crippen LogP contribution in [0.2, 0.25) is 5.02 Å². The van der Waals surface area contributed by atoms with Gasteiger partial charge in [0, 0.05) is 40.9 Å². The van der Waals surface area contributed by atoms with Crippen LogP contribution in [0.1, 0.15) is 6.42 Å². The number of carbonyl (C=O) groups excluding carboxylic acids is 1. The van der Waals surface area contributed by atoms with Gasteiger partial charge in [-0.05, 0) is 48.5 Å². The Kier molecular flexibility index (Phi) is 7.79. The fourth-order valence-electron chi connectivity index (χ4n) is 2.01. The number of thioether (sulfide) groups is 1. The maximum Gasteiger partial charge on any atom is 0.221 e. The van der Waals surface area contributed by atoms with Crippen molar-refractivity contribution in [3.05, 3.63) is 53.6 Å². The molecule has 24 heavy (non-hydrogen) atoms. The summed E-state index contributed by atoms with van der Waals surface area (Å²) in [5.41, 5.74) is 0.974. The van der Waals surface area contributed by atoms with E-state index in [4.69, 9.17) is 16.3 Å². The van der Waals surface area contributed by atoms with E-state index < -0.39 is 0 Å².